The molecule has 3 rings (SSSR count). The molecule has 0 saturated carbocycles. The Balaban J connectivity index is 2.03. The van der Waals surface area contributed by atoms with Crippen LogP contribution in [0.15, 0.2) is 47.5 Å². The molecular formula is C14H14N2O2S. The van der Waals surface area contributed by atoms with E-state index in [-0.39, 0.29) is 0 Å². The maximum atomic E-state index is 11.8. The van der Waals surface area contributed by atoms with E-state index in [1.165, 1.54) is 17.4 Å². The van der Waals surface area contributed by atoms with Crippen LogP contribution in [0, 0.1) is 0 Å². The maximum Gasteiger partial charge on any atom is 0.179 e. The molecule has 1 aromatic heterocycles. The fourth-order valence-corrected chi connectivity index (χ4v) is 3.23. The molecule has 1 aliphatic rings. The first-order valence-corrected chi connectivity index (χ1v) is 7.91. The van der Waals surface area contributed by atoms with Crippen LogP contribution in [0.5, 0.6) is 0 Å². The average molecular weight is 274 g/mol. The molecule has 0 aliphatic carbocycles. The lowest BCUT2D eigenvalue weighted by Gasteiger charge is -2.18. The summed E-state index contributed by atoms with van der Waals surface area (Å²) in [5.41, 5.74) is 2.46. The highest BCUT2D eigenvalue weighted by molar-refractivity contribution is 7.90. The van der Waals surface area contributed by atoms with Crippen LogP contribution in [0.1, 0.15) is 11.1 Å². The smallest absolute Gasteiger partial charge is 0.179 e. The quantitative estimate of drug-likeness (QED) is 0.840. The third-order valence-corrected chi connectivity index (χ3v) is 4.41. The maximum absolute atomic E-state index is 11.8. The number of nitrogens with zero attached hydrogens (tertiary/aromatic N) is 2. The third-order valence-electron chi connectivity index (χ3n) is 3.29. The molecule has 4 nitrogen and oxygen atoms in total. The van der Waals surface area contributed by atoms with Crippen molar-refractivity contribution in [1.82, 2.24) is 4.98 Å². The van der Waals surface area contributed by atoms with Crippen LogP contribution in [0.3, 0.4) is 0 Å². The number of benzene rings is 1. The van der Waals surface area contributed by atoms with Crippen molar-refractivity contribution in [3.63, 3.8) is 0 Å². The average Bonchev–Trinajstić information content (AvgIpc) is 2.81. The Morgan fingerprint density at radius 1 is 1.05 bits per heavy atom. The number of sulfone groups is 1. The molecule has 0 radical (unpaired) electrons. The van der Waals surface area contributed by atoms with E-state index in [9.17, 15) is 8.42 Å². The van der Waals surface area contributed by atoms with Crippen LogP contribution >= 0.6 is 0 Å². The van der Waals surface area contributed by atoms with Gasteiger partial charge in [-0.1, -0.05) is 24.3 Å². The highest BCUT2D eigenvalue weighted by atomic mass is 32.2. The molecule has 0 saturated heterocycles. The number of fused-ring (bicyclic) bond motifs is 1. The highest BCUT2D eigenvalue weighted by Gasteiger charge is 2.24. The molecule has 0 atom stereocenters. The minimum absolute atomic E-state index is 0.294. The second-order valence-electron chi connectivity index (χ2n) is 4.72. The van der Waals surface area contributed by atoms with Gasteiger partial charge in [0.05, 0.1) is 0 Å². The number of aromatic nitrogens is 1. The summed E-state index contributed by atoms with van der Waals surface area (Å²) in [4.78, 5) is 6.55. The molecule has 98 valence electrons. The van der Waals surface area contributed by atoms with E-state index in [0.29, 0.717) is 23.8 Å². The minimum Gasteiger partial charge on any atom is -0.347 e. The first kappa shape index (κ1) is 12.2. The molecule has 2 aromatic rings. The van der Waals surface area contributed by atoms with Crippen molar-refractivity contribution in [3.8, 4) is 0 Å². The standard InChI is InChI=1S/C14H14N2O2S/c1-19(17,18)13-7-4-8-15-14(13)16-9-11-5-2-3-6-12(11)10-16/h2-8H,9-10H2,1H3. The van der Waals surface area contributed by atoms with Crippen LogP contribution in [-0.4, -0.2) is 19.7 Å². The van der Waals surface area contributed by atoms with Crippen LogP contribution in [0.25, 0.3) is 0 Å². The van der Waals surface area contributed by atoms with E-state index >= 15 is 0 Å². The fraction of sp³-hybridized carbons (Fsp3) is 0.214. The molecule has 5 heteroatoms. The van der Waals surface area contributed by atoms with E-state index in [4.69, 9.17) is 0 Å². The molecular weight excluding hydrogens is 260 g/mol. The van der Waals surface area contributed by atoms with Gasteiger partial charge in [0.25, 0.3) is 0 Å². The Labute approximate surface area is 112 Å². The predicted molar refractivity (Wildman–Crippen MR) is 73.7 cm³/mol. The first-order valence-electron chi connectivity index (χ1n) is 6.02. The Morgan fingerprint density at radius 2 is 1.68 bits per heavy atom. The van der Waals surface area contributed by atoms with E-state index in [1.807, 2.05) is 17.0 Å². The minimum atomic E-state index is -3.26. The molecule has 0 amide bonds. The van der Waals surface area contributed by atoms with Crippen molar-refractivity contribution in [2.24, 2.45) is 0 Å². The van der Waals surface area contributed by atoms with Crippen LogP contribution in [0.4, 0.5) is 5.82 Å². The summed E-state index contributed by atoms with van der Waals surface area (Å²) in [6.45, 7) is 1.41. The zero-order valence-corrected chi connectivity index (χ0v) is 11.4. The number of rotatable bonds is 2. The van der Waals surface area contributed by atoms with Crippen molar-refractivity contribution >= 4 is 15.7 Å². The van der Waals surface area contributed by atoms with Gasteiger partial charge in [0.15, 0.2) is 9.84 Å². The molecule has 0 N–H and O–H groups in total. The van der Waals surface area contributed by atoms with Gasteiger partial charge < -0.3 is 4.90 Å². The summed E-state index contributed by atoms with van der Waals surface area (Å²) in [5, 5.41) is 0. The second kappa shape index (κ2) is 4.35. The number of pyridine rings is 1. The Hall–Kier alpha value is -1.88. The fourth-order valence-electron chi connectivity index (χ4n) is 2.39. The molecule has 19 heavy (non-hydrogen) atoms. The van der Waals surface area contributed by atoms with Gasteiger partial charge in [-0.05, 0) is 23.3 Å². The predicted octanol–water partition coefficient (Wildman–Crippen LogP) is 2.01. The molecule has 0 bridgehead atoms. The molecule has 0 unspecified atom stereocenters. The summed E-state index contributed by atoms with van der Waals surface area (Å²) in [6, 6.07) is 11.4. The van der Waals surface area contributed by atoms with Crippen molar-refractivity contribution in [1.29, 1.82) is 0 Å². The number of anilines is 1. The SMILES string of the molecule is CS(=O)(=O)c1cccnc1N1Cc2ccccc2C1. The summed E-state index contributed by atoms with van der Waals surface area (Å²) in [5.74, 6) is 0.543. The van der Waals surface area contributed by atoms with Gasteiger partial charge in [0, 0.05) is 25.5 Å². The van der Waals surface area contributed by atoms with Crippen LogP contribution in [0.2, 0.25) is 0 Å². The Morgan fingerprint density at radius 3 is 2.26 bits per heavy atom. The number of hydrogen-bond acceptors (Lipinski definition) is 4. The zero-order chi connectivity index (χ0) is 13.5. The normalized spacial score (nSPS) is 14.5. The molecule has 1 aromatic carbocycles. The molecule has 1 aliphatic heterocycles. The van der Waals surface area contributed by atoms with E-state index in [0.717, 1.165) is 0 Å². The van der Waals surface area contributed by atoms with Gasteiger partial charge in [-0.3, -0.25) is 0 Å². The Bertz CT molecular complexity index is 701. The summed E-state index contributed by atoms with van der Waals surface area (Å²) in [6.07, 6.45) is 2.85. The lowest BCUT2D eigenvalue weighted by molar-refractivity contribution is 0.601. The van der Waals surface area contributed by atoms with Gasteiger partial charge in [-0.2, -0.15) is 0 Å². The summed E-state index contributed by atoms with van der Waals surface area (Å²) < 4.78 is 23.6. The zero-order valence-electron chi connectivity index (χ0n) is 10.6. The third kappa shape index (κ3) is 2.21. The molecule has 2 heterocycles. The van der Waals surface area contributed by atoms with E-state index in [1.54, 1.807) is 18.3 Å². The Kier molecular flexibility index (Phi) is 2.78. The number of hydrogen-bond donors (Lipinski definition) is 0. The molecule has 0 fully saturated rings. The van der Waals surface area contributed by atoms with Gasteiger partial charge in [0.1, 0.15) is 10.7 Å². The van der Waals surface area contributed by atoms with E-state index < -0.39 is 9.84 Å². The lowest BCUT2D eigenvalue weighted by atomic mass is 10.1. The summed E-state index contributed by atoms with van der Waals surface area (Å²) in [7, 11) is -3.26. The highest BCUT2D eigenvalue weighted by Crippen LogP contribution is 2.30. The van der Waals surface area contributed by atoms with Crippen molar-refractivity contribution in [3.05, 3.63) is 53.7 Å². The first-order chi connectivity index (χ1) is 9.05. The largest absolute Gasteiger partial charge is 0.347 e. The monoisotopic (exact) mass is 274 g/mol. The van der Waals surface area contributed by atoms with Crippen molar-refractivity contribution in [2.75, 3.05) is 11.2 Å². The van der Waals surface area contributed by atoms with Gasteiger partial charge >= 0.3 is 0 Å². The second-order valence-corrected chi connectivity index (χ2v) is 6.71. The van der Waals surface area contributed by atoms with Crippen LogP contribution < -0.4 is 4.90 Å². The topological polar surface area (TPSA) is 50.3 Å². The van der Waals surface area contributed by atoms with Gasteiger partial charge in [0.2, 0.25) is 0 Å². The van der Waals surface area contributed by atoms with Crippen LogP contribution in [-0.2, 0) is 22.9 Å². The lowest BCUT2D eigenvalue weighted by Crippen LogP contribution is -2.19. The van der Waals surface area contributed by atoms with Gasteiger partial charge in [-0.15, -0.1) is 0 Å². The van der Waals surface area contributed by atoms with Gasteiger partial charge in [-0.25, -0.2) is 13.4 Å². The van der Waals surface area contributed by atoms with E-state index in [2.05, 4.69) is 17.1 Å². The summed E-state index contributed by atoms with van der Waals surface area (Å²) >= 11 is 0. The van der Waals surface area contributed by atoms with Crippen molar-refractivity contribution < 1.29 is 8.42 Å². The molecule has 0 spiro atoms. The van der Waals surface area contributed by atoms with Crippen molar-refractivity contribution in [2.45, 2.75) is 18.0 Å².